The Morgan fingerprint density at radius 2 is 2.06 bits per heavy atom. The molecule has 1 saturated carbocycles. The molecule has 96 valence electrons. The van der Waals surface area contributed by atoms with Gasteiger partial charge in [0.25, 0.3) is 0 Å². The Bertz CT molecular complexity index is 320. The number of nitrogens with zero attached hydrogens (tertiary/aromatic N) is 1. The molecule has 3 heteroatoms. The number of aromatic nitrogens is 1. The summed E-state index contributed by atoms with van der Waals surface area (Å²) in [6, 6.07) is 0. The average Bonchev–Trinajstić information content (AvgIpc) is 2.80. The summed E-state index contributed by atoms with van der Waals surface area (Å²) >= 11 is 1.80. The quantitative estimate of drug-likeness (QED) is 0.867. The Hall–Kier alpha value is -0.410. The van der Waals surface area contributed by atoms with Crippen LogP contribution in [0.15, 0.2) is 0 Å². The van der Waals surface area contributed by atoms with Crippen molar-refractivity contribution in [1.82, 2.24) is 4.98 Å². The average molecular weight is 253 g/mol. The summed E-state index contributed by atoms with van der Waals surface area (Å²) in [6.45, 7) is 2.24. The van der Waals surface area contributed by atoms with Crippen LogP contribution in [-0.4, -0.2) is 10.1 Å². The molecule has 1 aliphatic carbocycles. The molecule has 1 fully saturated rings. The van der Waals surface area contributed by atoms with Gasteiger partial charge in [-0.15, -0.1) is 11.3 Å². The smallest absolute Gasteiger partial charge is 0.0932 e. The van der Waals surface area contributed by atoms with Gasteiger partial charge in [0.15, 0.2) is 0 Å². The van der Waals surface area contributed by atoms with Gasteiger partial charge in [0.05, 0.1) is 17.3 Å². The Morgan fingerprint density at radius 3 is 2.65 bits per heavy atom. The zero-order chi connectivity index (χ0) is 12.1. The van der Waals surface area contributed by atoms with Crippen LogP contribution in [0.4, 0.5) is 0 Å². The fourth-order valence-corrected chi connectivity index (χ4v) is 3.78. The normalized spacial score (nSPS) is 17.5. The molecule has 0 atom stereocenters. The molecule has 1 aromatic rings. The molecule has 0 bridgehead atoms. The van der Waals surface area contributed by atoms with Gasteiger partial charge in [0, 0.05) is 4.88 Å². The van der Waals surface area contributed by atoms with E-state index in [1.807, 2.05) is 0 Å². The van der Waals surface area contributed by atoms with Gasteiger partial charge in [-0.25, -0.2) is 4.98 Å². The zero-order valence-corrected chi connectivity index (χ0v) is 11.6. The minimum absolute atomic E-state index is 0.100. The van der Waals surface area contributed by atoms with Gasteiger partial charge < -0.3 is 5.11 Å². The van der Waals surface area contributed by atoms with Crippen molar-refractivity contribution in [3.63, 3.8) is 0 Å². The molecule has 0 spiro atoms. The van der Waals surface area contributed by atoms with Crippen molar-refractivity contribution in [3.8, 4) is 0 Å². The minimum atomic E-state index is 0.100. The predicted octanol–water partition coefficient (Wildman–Crippen LogP) is 3.71. The summed E-state index contributed by atoms with van der Waals surface area (Å²) < 4.78 is 0. The molecule has 2 nitrogen and oxygen atoms in total. The fraction of sp³-hybridized carbons (Fsp3) is 0.786. The van der Waals surface area contributed by atoms with Gasteiger partial charge in [-0.3, -0.25) is 0 Å². The predicted molar refractivity (Wildman–Crippen MR) is 72.3 cm³/mol. The van der Waals surface area contributed by atoms with Crippen molar-refractivity contribution in [3.05, 3.63) is 15.6 Å². The third kappa shape index (κ3) is 3.52. The first kappa shape index (κ1) is 13.0. The van der Waals surface area contributed by atoms with Gasteiger partial charge in [-0.05, 0) is 25.2 Å². The van der Waals surface area contributed by atoms with Crippen LogP contribution in [0.5, 0.6) is 0 Å². The molecule has 0 radical (unpaired) electrons. The van der Waals surface area contributed by atoms with Crippen LogP contribution >= 0.6 is 11.3 Å². The first-order valence-corrected chi connectivity index (χ1v) is 7.73. The Balaban J connectivity index is 1.87. The van der Waals surface area contributed by atoms with Gasteiger partial charge >= 0.3 is 0 Å². The molecule has 0 unspecified atom stereocenters. The van der Waals surface area contributed by atoms with E-state index in [0.717, 1.165) is 24.5 Å². The van der Waals surface area contributed by atoms with Crippen molar-refractivity contribution in [2.75, 3.05) is 0 Å². The summed E-state index contributed by atoms with van der Waals surface area (Å²) in [5.41, 5.74) is 0.913. The second-order valence-corrected chi connectivity index (χ2v) is 6.20. The Morgan fingerprint density at radius 1 is 1.29 bits per heavy atom. The maximum atomic E-state index is 9.22. The molecule has 0 aromatic carbocycles. The minimum Gasteiger partial charge on any atom is -0.390 e. The van der Waals surface area contributed by atoms with Gasteiger partial charge in [-0.1, -0.05) is 39.0 Å². The van der Waals surface area contributed by atoms with E-state index < -0.39 is 0 Å². The van der Waals surface area contributed by atoms with E-state index in [-0.39, 0.29) is 6.61 Å². The number of aryl methyl sites for hydroxylation is 2. The second-order valence-electron chi connectivity index (χ2n) is 5.03. The topological polar surface area (TPSA) is 33.1 Å². The second kappa shape index (κ2) is 6.50. The summed E-state index contributed by atoms with van der Waals surface area (Å²) in [6.07, 6.45) is 10.5. The lowest BCUT2D eigenvalue weighted by molar-refractivity contribution is 0.276. The summed E-state index contributed by atoms with van der Waals surface area (Å²) in [5, 5.41) is 10.5. The van der Waals surface area contributed by atoms with Crippen molar-refractivity contribution >= 4 is 11.3 Å². The van der Waals surface area contributed by atoms with E-state index in [0.29, 0.717) is 0 Å². The largest absolute Gasteiger partial charge is 0.390 e. The third-order valence-corrected chi connectivity index (χ3v) is 5.09. The lowest BCUT2D eigenvalue weighted by Gasteiger charge is -2.20. The van der Waals surface area contributed by atoms with Crippen molar-refractivity contribution in [2.24, 2.45) is 5.92 Å². The molecule has 2 rings (SSSR count). The number of hydrogen-bond donors (Lipinski definition) is 1. The number of aliphatic hydroxyl groups is 1. The highest BCUT2D eigenvalue weighted by Crippen LogP contribution is 2.29. The highest BCUT2D eigenvalue weighted by molar-refractivity contribution is 7.11. The molecular formula is C14H23NOS. The molecule has 1 N–H and O–H groups in total. The van der Waals surface area contributed by atoms with Crippen LogP contribution in [0.3, 0.4) is 0 Å². The van der Waals surface area contributed by atoms with Crippen LogP contribution in [0.1, 0.15) is 61.0 Å². The first-order valence-electron chi connectivity index (χ1n) is 6.91. The summed E-state index contributed by atoms with van der Waals surface area (Å²) in [4.78, 5) is 5.82. The van der Waals surface area contributed by atoms with Crippen molar-refractivity contribution in [2.45, 2.75) is 64.9 Å². The Kier molecular flexibility index (Phi) is 4.99. The van der Waals surface area contributed by atoms with E-state index >= 15 is 0 Å². The molecule has 1 aliphatic rings. The van der Waals surface area contributed by atoms with E-state index in [1.165, 1.54) is 48.4 Å². The molecule has 0 saturated heterocycles. The number of rotatable bonds is 5. The van der Waals surface area contributed by atoms with E-state index in [4.69, 9.17) is 0 Å². The van der Waals surface area contributed by atoms with Gasteiger partial charge in [-0.2, -0.15) is 0 Å². The van der Waals surface area contributed by atoms with E-state index in [2.05, 4.69) is 11.9 Å². The highest BCUT2D eigenvalue weighted by atomic mass is 32.1. The summed E-state index contributed by atoms with van der Waals surface area (Å²) in [7, 11) is 0. The van der Waals surface area contributed by atoms with Crippen molar-refractivity contribution < 1.29 is 5.11 Å². The third-order valence-electron chi connectivity index (χ3n) is 3.78. The van der Waals surface area contributed by atoms with Crippen LogP contribution in [-0.2, 0) is 19.4 Å². The maximum Gasteiger partial charge on any atom is 0.0932 e. The molecule has 17 heavy (non-hydrogen) atoms. The number of hydrogen-bond acceptors (Lipinski definition) is 3. The van der Waals surface area contributed by atoms with E-state index in [1.54, 1.807) is 11.3 Å². The van der Waals surface area contributed by atoms with Crippen LogP contribution < -0.4 is 0 Å². The molecule has 1 aromatic heterocycles. The van der Waals surface area contributed by atoms with Crippen LogP contribution in [0.25, 0.3) is 0 Å². The maximum absolute atomic E-state index is 9.22. The molecular weight excluding hydrogens is 230 g/mol. The number of aliphatic hydroxyl groups excluding tert-OH is 1. The van der Waals surface area contributed by atoms with Crippen molar-refractivity contribution in [1.29, 1.82) is 0 Å². The zero-order valence-electron chi connectivity index (χ0n) is 10.7. The van der Waals surface area contributed by atoms with Crippen LogP contribution in [0, 0.1) is 5.92 Å². The van der Waals surface area contributed by atoms with E-state index in [9.17, 15) is 5.11 Å². The van der Waals surface area contributed by atoms with Gasteiger partial charge in [0.2, 0.25) is 0 Å². The van der Waals surface area contributed by atoms with Gasteiger partial charge in [0.1, 0.15) is 0 Å². The highest BCUT2D eigenvalue weighted by Gasteiger charge is 2.15. The Labute approximate surface area is 108 Å². The first-order chi connectivity index (χ1) is 8.33. The number of thiazole rings is 1. The molecule has 0 amide bonds. The monoisotopic (exact) mass is 253 g/mol. The summed E-state index contributed by atoms with van der Waals surface area (Å²) in [5.74, 6) is 0.926. The standard InChI is InChI=1S/C14H23NOS/c1-2-13-12(10-16)15-14(17-13)9-8-11-6-4-3-5-7-11/h11,16H,2-10H2,1H3. The lowest BCUT2D eigenvalue weighted by Crippen LogP contribution is -2.07. The SMILES string of the molecule is CCc1sc(CCC2CCCCC2)nc1CO. The van der Waals surface area contributed by atoms with Crippen LogP contribution in [0.2, 0.25) is 0 Å². The lowest BCUT2D eigenvalue weighted by atomic mass is 9.86. The molecule has 1 heterocycles. The molecule has 0 aliphatic heterocycles. The fourth-order valence-electron chi connectivity index (χ4n) is 2.75.